The highest BCUT2D eigenvalue weighted by Crippen LogP contribution is 2.25. The monoisotopic (exact) mass is 483 g/mol. The van der Waals surface area contributed by atoms with Crippen molar-refractivity contribution >= 4 is 27.7 Å². The number of hydrogen-bond donors (Lipinski definition) is 1. The molecule has 2 aliphatic rings. The zero-order valence-electron chi connectivity index (χ0n) is 17.8. The Morgan fingerprint density at radius 3 is 2.23 bits per heavy atom. The van der Waals surface area contributed by atoms with Crippen LogP contribution >= 0.6 is 15.9 Å². The molecule has 164 valence electrons. The van der Waals surface area contributed by atoms with Gasteiger partial charge in [0.1, 0.15) is 0 Å². The Balaban J connectivity index is 1.30. The molecule has 6 heteroatoms. The third-order valence-corrected chi connectivity index (χ3v) is 7.01. The smallest absolute Gasteiger partial charge is 0.253 e. The lowest BCUT2D eigenvalue weighted by Gasteiger charge is -2.32. The Labute approximate surface area is 192 Å². The first-order valence-electron chi connectivity index (χ1n) is 11.2. The van der Waals surface area contributed by atoms with Gasteiger partial charge < -0.3 is 10.2 Å². The molecule has 0 saturated carbocycles. The predicted molar refractivity (Wildman–Crippen MR) is 126 cm³/mol. The molecule has 4 rings (SSSR count). The van der Waals surface area contributed by atoms with E-state index in [0.717, 1.165) is 17.6 Å². The van der Waals surface area contributed by atoms with Gasteiger partial charge in [0.25, 0.3) is 5.91 Å². The van der Waals surface area contributed by atoms with E-state index in [1.54, 1.807) is 0 Å². The Morgan fingerprint density at radius 1 is 0.935 bits per heavy atom. The van der Waals surface area contributed by atoms with Crippen molar-refractivity contribution in [1.82, 2.24) is 15.1 Å². The number of amides is 2. The standard InChI is InChI=1S/C25H30BrN3O2/c26-22-10-8-21(9-11-22)25(31)29-16-12-20(13-17-29)24(30)27-18-23(28-14-4-5-15-28)19-6-2-1-3-7-19/h1-3,6-11,20,23H,4-5,12-18H2,(H,27,30). The van der Waals surface area contributed by atoms with E-state index in [1.165, 1.54) is 18.4 Å². The molecule has 2 heterocycles. The Hall–Kier alpha value is -2.18. The van der Waals surface area contributed by atoms with E-state index in [2.05, 4.69) is 50.4 Å². The van der Waals surface area contributed by atoms with Gasteiger partial charge in [-0.1, -0.05) is 46.3 Å². The average molecular weight is 484 g/mol. The van der Waals surface area contributed by atoms with Gasteiger partial charge in [0.05, 0.1) is 6.04 Å². The summed E-state index contributed by atoms with van der Waals surface area (Å²) >= 11 is 3.40. The summed E-state index contributed by atoms with van der Waals surface area (Å²) in [5.41, 5.74) is 1.96. The van der Waals surface area contributed by atoms with E-state index >= 15 is 0 Å². The molecule has 2 saturated heterocycles. The van der Waals surface area contributed by atoms with Gasteiger partial charge in [-0.25, -0.2) is 0 Å². The van der Waals surface area contributed by atoms with Crippen LogP contribution in [0.25, 0.3) is 0 Å². The number of hydrogen-bond acceptors (Lipinski definition) is 3. The number of benzene rings is 2. The van der Waals surface area contributed by atoms with E-state index in [4.69, 9.17) is 0 Å². The summed E-state index contributed by atoms with van der Waals surface area (Å²) in [6, 6.07) is 18.2. The number of piperidine rings is 1. The minimum Gasteiger partial charge on any atom is -0.354 e. The summed E-state index contributed by atoms with van der Waals surface area (Å²) in [6.45, 7) is 4.07. The fourth-order valence-electron chi connectivity index (χ4n) is 4.65. The molecule has 0 bridgehead atoms. The largest absolute Gasteiger partial charge is 0.354 e. The lowest BCUT2D eigenvalue weighted by molar-refractivity contribution is -0.126. The SMILES string of the molecule is O=C(NCC(c1ccccc1)N1CCCC1)C1CCN(C(=O)c2ccc(Br)cc2)CC1. The predicted octanol–water partition coefficient (Wildman–Crippen LogP) is 4.25. The summed E-state index contributed by atoms with van der Waals surface area (Å²) < 4.78 is 0.960. The summed E-state index contributed by atoms with van der Waals surface area (Å²) in [7, 11) is 0. The molecule has 1 N–H and O–H groups in total. The third kappa shape index (κ3) is 5.55. The first-order chi connectivity index (χ1) is 15.1. The van der Waals surface area contributed by atoms with Crippen LogP contribution < -0.4 is 5.32 Å². The molecule has 0 radical (unpaired) electrons. The molecule has 2 fully saturated rings. The Kier molecular flexibility index (Phi) is 7.41. The number of halogens is 1. The van der Waals surface area contributed by atoms with Crippen molar-refractivity contribution in [2.24, 2.45) is 5.92 Å². The lowest BCUT2D eigenvalue weighted by atomic mass is 9.95. The Morgan fingerprint density at radius 2 is 1.58 bits per heavy atom. The van der Waals surface area contributed by atoms with Crippen LogP contribution in [0.3, 0.4) is 0 Å². The molecule has 1 unspecified atom stereocenters. The first kappa shape index (κ1) is 22.0. The molecule has 0 aliphatic carbocycles. The van der Waals surface area contributed by atoms with Crippen molar-refractivity contribution < 1.29 is 9.59 Å². The van der Waals surface area contributed by atoms with Crippen LogP contribution in [0.4, 0.5) is 0 Å². The van der Waals surface area contributed by atoms with Crippen molar-refractivity contribution in [3.63, 3.8) is 0 Å². The summed E-state index contributed by atoms with van der Waals surface area (Å²) in [5.74, 6) is 0.143. The van der Waals surface area contributed by atoms with Crippen LogP contribution in [0.15, 0.2) is 59.1 Å². The molecule has 2 aromatic carbocycles. The molecular weight excluding hydrogens is 454 g/mol. The highest BCUT2D eigenvalue weighted by atomic mass is 79.9. The van der Waals surface area contributed by atoms with Gasteiger partial charge in [-0.2, -0.15) is 0 Å². The van der Waals surface area contributed by atoms with Crippen LogP contribution in [0.2, 0.25) is 0 Å². The molecule has 2 aromatic rings. The number of carbonyl (C=O) groups excluding carboxylic acids is 2. The quantitative estimate of drug-likeness (QED) is 0.667. The van der Waals surface area contributed by atoms with Gasteiger partial charge in [-0.05, 0) is 68.6 Å². The van der Waals surface area contributed by atoms with E-state index in [9.17, 15) is 9.59 Å². The fraction of sp³-hybridized carbons (Fsp3) is 0.440. The number of nitrogens with one attached hydrogen (secondary N) is 1. The van der Waals surface area contributed by atoms with Gasteiger partial charge >= 0.3 is 0 Å². The van der Waals surface area contributed by atoms with Crippen LogP contribution in [0.5, 0.6) is 0 Å². The molecule has 5 nitrogen and oxygen atoms in total. The van der Waals surface area contributed by atoms with Crippen LogP contribution in [-0.2, 0) is 4.79 Å². The summed E-state index contributed by atoms with van der Waals surface area (Å²) in [6.07, 6.45) is 3.88. The van der Waals surface area contributed by atoms with Crippen molar-refractivity contribution in [1.29, 1.82) is 0 Å². The normalized spacial score (nSPS) is 18.7. The molecule has 31 heavy (non-hydrogen) atoms. The molecule has 0 aromatic heterocycles. The highest BCUT2D eigenvalue weighted by Gasteiger charge is 2.29. The lowest BCUT2D eigenvalue weighted by Crippen LogP contribution is -2.44. The topological polar surface area (TPSA) is 52.7 Å². The highest BCUT2D eigenvalue weighted by molar-refractivity contribution is 9.10. The van der Waals surface area contributed by atoms with Crippen molar-refractivity contribution in [2.75, 3.05) is 32.7 Å². The minimum absolute atomic E-state index is 0.0241. The molecule has 2 amide bonds. The van der Waals surface area contributed by atoms with Gasteiger partial charge in [-0.3, -0.25) is 14.5 Å². The molecule has 2 aliphatic heterocycles. The van der Waals surface area contributed by atoms with Gasteiger partial charge in [0.15, 0.2) is 0 Å². The maximum absolute atomic E-state index is 12.9. The second-order valence-corrected chi connectivity index (χ2v) is 9.40. The summed E-state index contributed by atoms with van der Waals surface area (Å²) in [4.78, 5) is 30.0. The second kappa shape index (κ2) is 10.4. The van der Waals surface area contributed by atoms with E-state index < -0.39 is 0 Å². The Bertz CT molecular complexity index is 873. The van der Waals surface area contributed by atoms with Crippen LogP contribution in [-0.4, -0.2) is 54.3 Å². The summed E-state index contributed by atoms with van der Waals surface area (Å²) in [5, 5.41) is 3.22. The maximum Gasteiger partial charge on any atom is 0.253 e. The van der Waals surface area contributed by atoms with Crippen molar-refractivity contribution in [3.05, 3.63) is 70.2 Å². The van der Waals surface area contributed by atoms with Gasteiger partial charge in [0.2, 0.25) is 5.91 Å². The number of nitrogens with zero attached hydrogens (tertiary/aromatic N) is 2. The number of likely N-dealkylation sites (tertiary alicyclic amines) is 2. The zero-order chi connectivity index (χ0) is 21.6. The van der Waals surface area contributed by atoms with Crippen molar-refractivity contribution in [3.8, 4) is 0 Å². The zero-order valence-corrected chi connectivity index (χ0v) is 19.4. The third-order valence-electron chi connectivity index (χ3n) is 6.48. The van der Waals surface area contributed by atoms with Gasteiger partial charge in [0, 0.05) is 35.6 Å². The van der Waals surface area contributed by atoms with E-state index in [1.807, 2.05) is 35.2 Å². The van der Waals surface area contributed by atoms with Gasteiger partial charge in [-0.15, -0.1) is 0 Å². The van der Waals surface area contributed by atoms with E-state index in [0.29, 0.717) is 38.0 Å². The average Bonchev–Trinajstić information content (AvgIpc) is 3.34. The first-order valence-corrected chi connectivity index (χ1v) is 12.0. The molecule has 1 atom stereocenters. The van der Waals surface area contributed by atoms with Crippen molar-refractivity contribution in [2.45, 2.75) is 31.7 Å². The minimum atomic E-state index is -0.0241. The second-order valence-electron chi connectivity index (χ2n) is 8.49. The molecule has 0 spiro atoms. The van der Waals surface area contributed by atoms with Crippen LogP contribution in [0.1, 0.15) is 47.6 Å². The van der Waals surface area contributed by atoms with Crippen LogP contribution in [0, 0.1) is 5.92 Å². The number of carbonyl (C=O) groups is 2. The number of rotatable bonds is 6. The molecular formula is C25H30BrN3O2. The fourth-order valence-corrected chi connectivity index (χ4v) is 4.91. The van der Waals surface area contributed by atoms with E-state index in [-0.39, 0.29) is 23.8 Å². The maximum atomic E-state index is 12.9.